The van der Waals surface area contributed by atoms with Crippen molar-refractivity contribution in [2.24, 2.45) is 0 Å². The van der Waals surface area contributed by atoms with E-state index in [2.05, 4.69) is 22.2 Å². The fraction of sp³-hybridized carbons (Fsp3) is 0.548. The Balaban J connectivity index is 0.00000116. The number of carbonyl (C=O) groups is 3. The minimum Gasteiger partial charge on any atom is -0.542 e. The number of aliphatic hydroxyl groups is 1. The number of halogens is 4. The number of rotatable bonds is 16. The van der Waals surface area contributed by atoms with Crippen molar-refractivity contribution >= 4 is 59.2 Å². The molecule has 1 aromatic carbocycles. The minimum atomic E-state index is -5.19. The summed E-state index contributed by atoms with van der Waals surface area (Å²) in [6.45, 7) is 10.6. The number of ether oxygens (including phenoxy) is 1. The normalized spacial score (nSPS) is 12.2. The Bertz CT molecular complexity index is 1730. The van der Waals surface area contributed by atoms with E-state index in [1.54, 1.807) is 25.2 Å². The molecule has 3 rings (SSSR count). The maximum absolute atomic E-state index is 13.0. The second-order valence-electron chi connectivity index (χ2n) is 12.1. The van der Waals surface area contributed by atoms with Crippen LogP contribution < -0.4 is 31.2 Å². The molecule has 0 spiro atoms. The zero-order valence-corrected chi connectivity index (χ0v) is 30.8. The number of benzene rings is 1. The zero-order valence-electron chi connectivity index (χ0n) is 29.1. The second kappa shape index (κ2) is 18.9. The number of nitrogens with zero attached hydrogens (tertiary/aromatic N) is 5. The highest BCUT2D eigenvalue weighted by Gasteiger charge is 2.29. The molecule has 20 heteroatoms. The van der Waals surface area contributed by atoms with Crippen molar-refractivity contribution < 1.29 is 51.6 Å². The smallest absolute Gasteiger partial charge is 0.430 e. The molecule has 51 heavy (non-hydrogen) atoms. The van der Waals surface area contributed by atoms with Gasteiger partial charge < -0.3 is 46.0 Å². The van der Waals surface area contributed by atoms with Gasteiger partial charge in [-0.2, -0.15) is 13.2 Å². The van der Waals surface area contributed by atoms with Crippen LogP contribution >= 0.6 is 18.7 Å². The first-order valence-electron chi connectivity index (χ1n) is 16.0. The maximum Gasteiger partial charge on any atom is 0.430 e. The van der Waals surface area contributed by atoms with Crippen LogP contribution in [0.3, 0.4) is 0 Å². The van der Waals surface area contributed by atoms with E-state index in [-0.39, 0.29) is 54.4 Å². The van der Waals surface area contributed by atoms with Gasteiger partial charge in [0.2, 0.25) is 5.91 Å². The number of aliphatic carboxylic acids is 1. The second-order valence-corrected chi connectivity index (χ2v) is 15.8. The number of nitrogens with one attached hydrogen (secondary N) is 1. The first-order valence-corrected chi connectivity index (χ1v) is 19.2. The molecule has 6 N–H and O–H groups in total. The van der Waals surface area contributed by atoms with E-state index in [1.165, 1.54) is 0 Å². The van der Waals surface area contributed by atoms with Gasteiger partial charge in [-0.15, -0.1) is 0 Å². The molecule has 3 aromatic rings. The number of nitrogens with two attached hydrogens (primary N) is 2. The summed E-state index contributed by atoms with van der Waals surface area (Å²) >= 11 is 5.95. The molecule has 0 aliphatic carbocycles. The fourth-order valence-electron chi connectivity index (χ4n) is 4.97. The largest absolute Gasteiger partial charge is 0.542 e. The molecule has 0 bridgehead atoms. The van der Waals surface area contributed by atoms with Gasteiger partial charge >= 0.3 is 6.18 Å². The van der Waals surface area contributed by atoms with E-state index in [0.29, 0.717) is 25.3 Å². The lowest BCUT2D eigenvalue weighted by atomic mass is 10.2. The number of carboxylic acid groups (broad SMARTS) is 1. The quantitative estimate of drug-likeness (QED) is 0.0943. The monoisotopic (exact) mass is 764 g/mol. The highest BCUT2D eigenvalue weighted by atomic mass is 35.5. The number of hydrogen-bond donors (Lipinski definition) is 4. The molecule has 15 nitrogen and oxygen atoms in total. The topological polar surface area (TPSA) is 223 Å². The summed E-state index contributed by atoms with van der Waals surface area (Å²) in [5.41, 5.74) is 13.0. The number of carboxylic acids is 1. The number of aromatic nitrogens is 4. The number of aliphatic hydroxyl groups excluding tert-OH is 1. The first kappa shape index (κ1) is 43.0. The summed E-state index contributed by atoms with van der Waals surface area (Å²) < 4.78 is 54.1. The Morgan fingerprint density at radius 3 is 2.37 bits per heavy atom. The van der Waals surface area contributed by atoms with Gasteiger partial charge in [0.15, 0.2) is 33.5 Å². The summed E-state index contributed by atoms with van der Waals surface area (Å²) in [6.07, 6.45) is -2.45. The standard InChI is InChI=1S/C29H44ClN8O5P.C2HF3O2/c1-6-8-9-10-24(40)36(18-44(4,5)42)13-14-43-20-11-12-21-22(15-20)38(17-19(3)39)23(37(21)7-2)16-33-29(41)25-27(31)35-28(32)26(30)34-25;3-2(4,5)1(6)7/h11-12,15,19,39H,6-10,13-14,16-18H2,1-5H3,(H4-,31,32,33,35,41);(H,6,7)/t19-;/m0./s1. The predicted octanol–water partition coefficient (Wildman–Crippen LogP) is 2.53. The number of unbranched alkanes of at least 4 members (excludes halogenated alkanes) is 2. The van der Waals surface area contributed by atoms with Crippen molar-refractivity contribution in [1.29, 1.82) is 0 Å². The van der Waals surface area contributed by atoms with Gasteiger partial charge in [0.25, 0.3) is 11.7 Å². The fourth-order valence-corrected chi connectivity index (χ4v) is 6.22. The molecule has 2 amide bonds. The molecule has 1 atom stereocenters. The summed E-state index contributed by atoms with van der Waals surface area (Å²) in [4.78, 5) is 44.1. The van der Waals surface area contributed by atoms with Crippen LogP contribution in [0.4, 0.5) is 24.8 Å². The Kier molecular flexibility index (Phi) is 15.9. The molecule has 0 saturated carbocycles. The van der Waals surface area contributed by atoms with E-state index in [1.807, 2.05) is 34.3 Å². The zero-order chi connectivity index (χ0) is 38.7. The number of anilines is 2. The lowest BCUT2D eigenvalue weighted by Gasteiger charge is -2.24. The molecule has 0 aliphatic heterocycles. The van der Waals surface area contributed by atoms with Crippen molar-refractivity contribution in [3.8, 4) is 5.75 Å². The number of fused-ring (bicyclic) bond motifs is 1. The van der Waals surface area contributed by atoms with Crippen molar-refractivity contribution in [3.05, 3.63) is 34.9 Å². The van der Waals surface area contributed by atoms with E-state index in [9.17, 15) is 32.4 Å². The highest BCUT2D eigenvalue weighted by molar-refractivity contribution is 7.62. The van der Waals surface area contributed by atoms with Gasteiger partial charge in [-0.1, -0.05) is 31.4 Å². The Morgan fingerprint density at radius 1 is 1.18 bits per heavy atom. The number of nitrogen functional groups attached to an aromatic ring is 2. The molecular formula is C31H45ClF3N8O7P. The Morgan fingerprint density at radius 2 is 1.82 bits per heavy atom. The number of amides is 2. The Hall–Kier alpha value is -4.15. The van der Waals surface area contributed by atoms with Gasteiger partial charge in [0.1, 0.15) is 38.6 Å². The van der Waals surface area contributed by atoms with Crippen molar-refractivity contribution in [3.63, 3.8) is 0 Å². The number of imidazole rings is 1. The van der Waals surface area contributed by atoms with E-state index in [4.69, 9.17) is 37.7 Å². The third-order valence-corrected chi connectivity index (χ3v) is 8.46. The number of carbonyl (C=O) groups excluding carboxylic acids is 3. The molecule has 0 radical (unpaired) electrons. The van der Waals surface area contributed by atoms with E-state index in [0.717, 1.165) is 36.1 Å². The van der Waals surface area contributed by atoms with E-state index >= 15 is 0 Å². The molecular weight excluding hydrogens is 720 g/mol. The summed E-state index contributed by atoms with van der Waals surface area (Å²) in [6, 6.07) is 5.63. The van der Waals surface area contributed by atoms with Crippen molar-refractivity contribution in [2.45, 2.75) is 78.4 Å². The maximum atomic E-state index is 13.0. The van der Waals surface area contributed by atoms with Crippen LogP contribution in [0.15, 0.2) is 18.2 Å². The first-order chi connectivity index (χ1) is 23.7. The van der Waals surface area contributed by atoms with Crippen LogP contribution in [-0.2, 0) is 33.8 Å². The molecule has 0 fully saturated rings. The number of alkyl halides is 3. The van der Waals surface area contributed by atoms with Crippen LogP contribution in [0.2, 0.25) is 5.15 Å². The predicted molar refractivity (Wildman–Crippen MR) is 183 cm³/mol. The van der Waals surface area contributed by atoms with Crippen molar-refractivity contribution in [2.75, 3.05) is 44.2 Å². The third kappa shape index (κ3) is 13.2. The SMILES string of the molecule is CCCCCC(=O)N(CCOc1ccc2c(c1)n(C[C@H](C)O)c(CNC(=O)c1nc(Cl)c(N)nc1N)[n+]2CC)CP(C)(C)=O.O=C([O-])C(F)(F)F. The molecule has 0 saturated heterocycles. The van der Waals surface area contributed by atoms with Gasteiger partial charge in [-0.3, -0.25) is 9.59 Å². The van der Waals surface area contributed by atoms with Crippen LogP contribution in [0.25, 0.3) is 11.0 Å². The molecule has 0 unspecified atom stereocenters. The van der Waals surface area contributed by atoms with Gasteiger partial charge in [-0.25, -0.2) is 19.1 Å². The van der Waals surface area contributed by atoms with Crippen LogP contribution in [0.1, 0.15) is 62.8 Å². The van der Waals surface area contributed by atoms with Crippen LogP contribution in [0.5, 0.6) is 5.75 Å². The summed E-state index contributed by atoms with van der Waals surface area (Å²) in [5.74, 6) is -2.50. The van der Waals surface area contributed by atoms with Crippen LogP contribution in [0, 0.1) is 0 Å². The van der Waals surface area contributed by atoms with E-state index < -0.39 is 31.3 Å². The molecule has 2 heterocycles. The number of hydrogen-bond acceptors (Lipinski definition) is 11. The highest BCUT2D eigenvalue weighted by Crippen LogP contribution is 2.36. The Labute approximate surface area is 298 Å². The van der Waals surface area contributed by atoms with Crippen molar-refractivity contribution in [1.82, 2.24) is 24.8 Å². The lowest BCUT2D eigenvalue weighted by Crippen LogP contribution is -2.41. The average molecular weight is 765 g/mol. The van der Waals surface area contributed by atoms with Crippen LogP contribution in [-0.4, -0.2) is 87.4 Å². The number of aryl methyl sites for hydroxylation is 1. The third-order valence-electron chi connectivity index (χ3n) is 7.16. The van der Waals surface area contributed by atoms with Gasteiger partial charge in [0.05, 0.1) is 25.5 Å². The van der Waals surface area contributed by atoms with Gasteiger partial charge in [-0.05, 0) is 45.7 Å². The molecule has 0 aliphatic rings. The minimum absolute atomic E-state index is 0.0168. The molecule has 284 valence electrons. The summed E-state index contributed by atoms with van der Waals surface area (Å²) in [5, 5.41) is 21.8. The summed E-state index contributed by atoms with van der Waals surface area (Å²) in [7, 11) is -2.46. The van der Waals surface area contributed by atoms with Gasteiger partial charge in [0, 0.05) is 12.5 Å². The lowest BCUT2D eigenvalue weighted by molar-refractivity contribution is -0.676. The average Bonchev–Trinajstić information content (AvgIpc) is 3.31. The molecule has 2 aromatic heterocycles.